The summed E-state index contributed by atoms with van der Waals surface area (Å²) in [4.78, 5) is 15.0. The SMILES string of the molecule is CCOc1ccc(N2C[C@@H]3C[N@+](C)(C(=O)OC(C)(C)C)C[C@@H]3C2)cc1. The number of carbonyl (C=O) groups excluding carboxylic acids is 1. The summed E-state index contributed by atoms with van der Waals surface area (Å²) in [5, 5.41) is 0. The predicted octanol–water partition coefficient (Wildman–Crippen LogP) is 3.53. The minimum absolute atomic E-state index is 0.0884. The lowest BCUT2D eigenvalue weighted by atomic mass is 10.0. The average Bonchev–Trinajstić information content (AvgIpc) is 3.02. The van der Waals surface area contributed by atoms with Gasteiger partial charge in [-0.25, -0.2) is 4.48 Å². The molecule has 2 aliphatic rings. The van der Waals surface area contributed by atoms with E-state index in [1.807, 2.05) is 46.9 Å². The summed E-state index contributed by atoms with van der Waals surface area (Å²) in [6, 6.07) is 8.34. The van der Waals surface area contributed by atoms with Gasteiger partial charge in [-0.05, 0) is 52.0 Å². The number of quaternary nitrogens is 1. The van der Waals surface area contributed by atoms with E-state index in [0.717, 1.165) is 31.9 Å². The molecule has 5 heteroatoms. The molecule has 1 aromatic carbocycles. The number of benzene rings is 1. The topological polar surface area (TPSA) is 38.8 Å². The van der Waals surface area contributed by atoms with Crippen molar-refractivity contribution in [1.82, 2.24) is 0 Å². The van der Waals surface area contributed by atoms with Crippen LogP contribution in [0.5, 0.6) is 5.75 Å². The largest absolute Gasteiger partial charge is 0.516 e. The third-order valence-electron chi connectivity index (χ3n) is 5.20. The van der Waals surface area contributed by atoms with Gasteiger partial charge in [0.1, 0.15) is 11.4 Å². The molecule has 0 radical (unpaired) electrons. The van der Waals surface area contributed by atoms with Gasteiger partial charge in [0.05, 0.1) is 26.7 Å². The molecule has 0 aromatic heterocycles. The van der Waals surface area contributed by atoms with E-state index in [4.69, 9.17) is 9.47 Å². The predicted molar refractivity (Wildman–Crippen MR) is 99.0 cm³/mol. The maximum atomic E-state index is 12.6. The molecule has 25 heavy (non-hydrogen) atoms. The molecular formula is C20H31N2O3+. The molecule has 3 rings (SSSR count). The Balaban J connectivity index is 1.61. The van der Waals surface area contributed by atoms with E-state index in [2.05, 4.69) is 17.0 Å². The van der Waals surface area contributed by atoms with Gasteiger partial charge >= 0.3 is 6.09 Å². The van der Waals surface area contributed by atoms with Gasteiger partial charge < -0.3 is 14.4 Å². The van der Waals surface area contributed by atoms with Gasteiger partial charge in [-0.3, -0.25) is 0 Å². The van der Waals surface area contributed by atoms with Crippen molar-refractivity contribution in [3.8, 4) is 5.75 Å². The number of nitrogens with zero attached hydrogens (tertiary/aromatic N) is 2. The molecule has 138 valence electrons. The van der Waals surface area contributed by atoms with Crippen LogP contribution in [0.4, 0.5) is 10.5 Å². The van der Waals surface area contributed by atoms with Crippen LogP contribution in [0.1, 0.15) is 27.7 Å². The van der Waals surface area contributed by atoms with E-state index < -0.39 is 5.60 Å². The number of amides is 1. The van der Waals surface area contributed by atoms with Gasteiger partial charge in [0, 0.05) is 30.6 Å². The first-order valence-corrected chi connectivity index (χ1v) is 9.26. The van der Waals surface area contributed by atoms with Crippen LogP contribution in [0.2, 0.25) is 0 Å². The van der Waals surface area contributed by atoms with E-state index >= 15 is 0 Å². The smallest absolute Gasteiger partial charge is 0.494 e. The van der Waals surface area contributed by atoms with Crippen molar-refractivity contribution >= 4 is 11.8 Å². The molecule has 1 aromatic rings. The summed E-state index contributed by atoms with van der Waals surface area (Å²) in [5.41, 5.74) is 0.814. The molecule has 2 saturated heterocycles. The van der Waals surface area contributed by atoms with Gasteiger partial charge in [-0.15, -0.1) is 0 Å². The van der Waals surface area contributed by atoms with E-state index in [9.17, 15) is 4.79 Å². The maximum Gasteiger partial charge on any atom is 0.516 e. The Kier molecular flexibility index (Phi) is 4.71. The van der Waals surface area contributed by atoms with Crippen LogP contribution >= 0.6 is 0 Å². The first kappa shape index (κ1) is 18.1. The highest BCUT2D eigenvalue weighted by molar-refractivity contribution is 5.60. The van der Waals surface area contributed by atoms with Crippen molar-refractivity contribution in [2.45, 2.75) is 33.3 Å². The number of carbonyl (C=O) groups is 1. The molecule has 0 unspecified atom stereocenters. The zero-order valence-corrected chi connectivity index (χ0v) is 16.1. The Labute approximate surface area is 151 Å². The number of likely N-dealkylation sites (tertiary alicyclic amines) is 1. The Morgan fingerprint density at radius 2 is 1.72 bits per heavy atom. The lowest BCUT2D eigenvalue weighted by Gasteiger charge is -2.31. The highest BCUT2D eigenvalue weighted by Gasteiger charge is 2.52. The fraction of sp³-hybridized carbons (Fsp3) is 0.650. The summed E-state index contributed by atoms with van der Waals surface area (Å²) < 4.78 is 11.6. The third kappa shape index (κ3) is 3.92. The molecule has 1 amide bonds. The third-order valence-corrected chi connectivity index (χ3v) is 5.20. The number of ether oxygens (including phenoxy) is 2. The van der Waals surface area contributed by atoms with E-state index in [-0.39, 0.29) is 6.09 Å². The number of anilines is 1. The molecule has 2 fully saturated rings. The van der Waals surface area contributed by atoms with Crippen LogP contribution in [-0.4, -0.2) is 56.0 Å². The summed E-state index contributed by atoms with van der Waals surface area (Å²) in [5.74, 6) is 2.01. The number of fused-ring (bicyclic) bond motifs is 1. The zero-order chi connectivity index (χ0) is 18.2. The average molecular weight is 347 g/mol. The second-order valence-electron chi connectivity index (χ2n) is 8.59. The van der Waals surface area contributed by atoms with E-state index in [1.165, 1.54) is 5.69 Å². The van der Waals surface area contributed by atoms with Crippen LogP contribution in [0, 0.1) is 11.8 Å². The van der Waals surface area contributed by atoms with Crippen molar-refractivity contribution in [3.63, 3.8) is 0 Å². The molecule has 5 nitrogen and oxygen atoms in total. The van der Waals surface area contributed by atoms with Crippen molar-refractivity contribution in [3.05, 3.63) is 24.3 Å². The van der Waals surface area contributed by atoms with Crippen molar-refractivity contribution in [1.29, 1.82) is 0 Å². The molecule has 0 spiro atoms. The number of hydrogen-bond acceptors (Lipinski definition) is 4. The molecule has 2 heterocycles. The summed E-state index contributed by atoms with van der Waals surface area (Å²) in [6.45, 7) is 12.2. The highest BCUT2D eigenvalue weighted by atomic mass is 16.6. The first-order valence-electron chi connectivity index (χ1n) is 9.26. The second-order valence-corrected chi connectivity index (χ2v) is 8.59. The maximum absolute atomic E-state index is 12.6. The van der Waals surface area contributed by atoms with Gasteiger partial charge in [-0.2, -0.15) is 4.79 Å². The lowest BCUT2D eigenvalue weighted by Crippen LogP contribution is -2.51. The van der Waals surface area contributed by atoms with Gasteiger partial charge in [0.2, 0.25) is 0 Å². The van der Waals surface area contributed by atoms with Gasteiger partial charge in [0.15, 0.2) is 0 Å². The van der Waals surface area contributed by atoms with Crippen LogP contribution < -0.4 is 9.64 Å². The standard InChI is InChI=1S/C20H31N2O3/c1-6-24-18-9-7-17(8-10-18)21-11-15-13-22(5,14-16(15)12-21)19(23)25-20(2,3)4/h7-10,15-16H,6,11-14H2,1-5H3/q+1/t15-,16+,22+. The lowest BCUT2D eigenvalue weighted by molar-refractivity contribution is -0.828. The second kappa shape index (κ2) is 6.52. The fourth-order valence-electron chi connectivity index (χ4n) is 4.11. The molecule has 0 aliphatic carbocycles. The highest BCUT2D eigenvalue weighted by Crippen LogP contribution is 2.38. The minimum atomic E-state index is -0.426. The Hall–Kier alpha value is -1.75. The van der Waals surface area contributed by atoms with Gasteiger partial charge in [0.25, 0.3) is 0 Å². The molecule has 3 atom stereocenters. The van der Waals surface area contributed by atoms with Gasteiger partial charge in [-0.1, -0.05) is 0 Å². The molecule has 0 N–H and O–H groups in total. The summed E-state index contributed by atoms with van der Waals surface area (Å²) >= 11 is 0. The van der Waals surface area contributed by atoms with Crippen molar-refractivity contribution < 1.29 is 18.8 Å². The summed E-state index contributed by atoms with van der Waals surface area (Å²) in [6.07, 6.45) is -0.0884. The Morgan fingerprint density at radius 1 is 1.16 bits per heavy atom. The molecule has 2 aliphatic heterocycles. The summed E-state index contributed by atoms with van der Waals surface area (Å²) in [7, 11) is 2.02. The molecule has 0 saturated carbocycles. The van der Waals surface area contributed by atoms with Crippen molar-refractivity contribution in [2.24, 2.45) is 11.8 Å². The van der Waals surface area contributed by atoms with Crippen molar-refractivity contribution in [2.75, 3.05) is 44.7 Å². The fourth-order valence-corrected chi connectivity index (χ4v) is 4.11. The van der Waals surface area contributed by atoms with Crippen LogP contribution in [0.25, 0.3) is 0 Å². The van der Waals surface area contributed by atoms with E-state index in [1.54, 1.807) is 0 Å². The number of rotatable bonds is 3. The quantitative estimate of drug-likeness (QED) is 0.784. The minimum Gasteiger partial charge on any atom is -0.494 e. The number of hydrogen-bond donors (Lipinski definition) is 0. The van der Waals surface area contributed by atoms with Crippen LogP contribution in [-0.2, 0) is 4.74 Å². The molecule has 0 bridgehead atoms. The monoisotopic (exact) mass is 347 g/mol. The first-order chi connectivity index (χ1) is 11.7. The van der Waals surface area contributed by atoms with Crippen LogP contribution in [0.15, 0.2) is 24.3 Å². The Morgan fingerprint density at radius 3 is 2.20 bits per heavy atom. The zero-order valence-electron chi connectivity index (χ0n) is 16.1. The Bertz CT molecular complexity index is 607. The van der Waals surface area contributed by atoms with E-state index in [0.29, 0.717) is 22.9 Å². The molecular weight excluding hydrogens is 316 g/mol. The normalized spacial score (nSPS) is 28.8. The van der Waals surface area contributed by atoms with Crippen LogP contribution in [0.3, 0.4) is 0 Å².